The first-order valence-corrected chi connectivity index (χ1v) is 16.2. The third-order valence-electron chi connectivity index (χ3n) is 8.44. The predicted molar refractivity (Wildman–Crippen MR) is 175 cm³/mol. The number of carbonyl (C=O) groups is 2. The molecule has 0 unspecified atom stereocenters. The second-order valence-electron chi connectivity index (χ2n) is 13.4. The van der Waals surface area contributed by atoms with E-state index in [1.54, 1.807) is 59.8 Å². The Kier molecular flexibility index (Phi) is 15.1. The Morgan fingerprint density at radius 2 is 1.70 bits per heavy atom. The molecule has 2 aliphatic heterocycles. The molecule has 0 aromatic rings. The maximum Gasteiger partial charge on any atom is 0.334 e. The molecule has 10 heteroatoms. The number of allylic oxidation sites excluding steroid dienone is 4. The second-order valence-corrected chi connectivity index (χ2v) is 13.4. The van der Waals surface area contributed by atoms with E-state index in [0.717, 1.165) is 16.7 Å². The topological polar surface area (TPSA) is 152 Å². The van der Waals surface area contributed by atoms with Crippen molar-refractivity contribution in [3.8, 4) is 0 Å². The summed E-state index contributed by atoms with van der Waals surface area (Å²) in [7, 11) is 0. The molecule has 0 amide bonds. The summed E-state index contributed by atoms with van der Waals surface area (Å²) >= 11 is 0. The van der Waals surface area contributed by atoms with Gasteiger partial charge in [0.15, 0.2) is 12.4 Å². The number of aliphatic hydroxyl groups excluding tert-OH is 4. The molecular weight excluding hydrogens is 592 g/mol. The quantitative estimate of drug-likeness (QED) is 0.237. The standard InChI is InChI=1S/C36H56O10/c1-11-26-19-23(6)27(38)15-13-12-14-22(5)34(42)43-28(25(8)37)17-16-21(4)18-24(7)31(26)44-35-30(40)29(39)32(36(9,10)46-35)45-33(41)20(2)3/h12-14,16,18-20,25-32,35,37-40H,11,15,17H2,1-10H3/t25-,26-,27-,28-,29+,30-,31-,32-,35+/m0/s1. The van der Waals surface area contributed by atoms with Crippen LogP contribution in [0.3, 0.4) is 0 Å². The lowest BCUT2D eigenvalue weighted by Crippen LogP contribution is -2.64. The van der Waals surface area contributed by atoms with Crippen LogP contribution in [0.1, 0.15) is 88.5 Å². The Morgan fingerprint density at radius 1 is 1.04 bits per heavy atom. The Morgan fingerprint density at radius 3 is 2.28 bits per heavy atom. The van der Waals surface area contributed by atoms with Gasteiger partial charge >= 0.3 is 11.9 Å². The summed E-state index contributed by atoms with van der Waals surface area (Å²) < 4.78 is 23.8. The minimum atomic E-state index is -1.52. The van der Waals surface area contributed by atoms with Gasteiger partial charge in [-0.1, -0.05) is 62.8 Å². The van der Waals surface area contributed by atoms with Gasteiger partial charge in [0.05, 0.1) is 24.2 Å². The van der Waals surface area contributed by atoms with E-state index in [4.69, 9.17) is 18.9 Å². The number of esters is 2. The normalized spacial score (nSPS) is 32.6. The summed E-state index contributed by atoms with van der Waals surface area (Å²) in [4.78, 5) is 25.0. The highest BCUT2D eigenvalue weighted by Crippen LogP contribution is 2.36. The van der Waals surface area contributed by atoms with Gasteiger partial charge in [-0.15, -0.1) is 0 Å². The van der Waals surface area contributed by atoms with Crippen LogP contribution in [0.25, 0.3) is 0 Å². The molecule has 0 aromatic carbocycles. The van der Waals surface area contributed by atoms with Crippen LogP contribution in [-0.4, -0.2) is 87.0 Å². The zero-order chi connectivity index (χ0) is 34.9. The molecule has 2 heterocycles. The van der Waals surface area contributed by atoms with Gasteiger partial charge in [-0.2, -0.15) is 0 Å². The van der Waals surface area contributed by atoms with Crippen LogP contribution in [0.2, 0.25) is 0 Å². The summed E-state index contributed by atoms with van der Waals surface area (Å²) in [5.41, 5.74) is 1.51. The van der Waals surface area contributed by atoms with Crippen molar-refractivity contribution in [2.75, 3.05) is 0 Å². The lowest BCUT2D eigenvalue weighted by atomic mass is 9.88. The molecule has 2 aliphatic rings. The summed E-state index contributed by atoms with van der Waals surface area (Å²) in [6.45, 7) is 17.5. The first kappa shape index (κ1) is 39.6. The Bertz CT molecular complexity index is 1190. The molecule has 0 aromatic heterocycles. The molecule has 1 fully saturated rings. The molecular formula is C36H56O10. The number of rotatable bonds is 6. The molecule has 0 spiro atoms. The molecule has 9 atom stereocenters. The third kappa shape index (κ3) is 11.0. The predicted octanol–water partition coefficient (Wildman–Crippen LogP) is 4.61. The number of ether oxygens (including phenoxy) is 4. The highest BCUT2D eigenvalue weighted by molar-refractivity contribution is 5.88. The minimum Gasteiger partial charge on any atom is -0.456 e. The van der Waals surface area contributed by atoms with Crippen LogP contribution in [0.5, 0.6) is 0 Å². The number of hydrogen-bond donors (Lipinski definition) is 4. The molecule has 10 nitrogen and oxygen atoms in total. The van der Waals surface area contributed by atoms with E-state index < -0.39 is 72.5 Å². The van der Waals surface area contributed by atoms with Crippen molar-refractivity contribution in [2.24, 2.45) is 11.8 Å². The summed E-state index contributed by atoms with van der Waals surface area (Å²) in [5, 5.41) is 43.5. The fourth-order valence-corrected chi connectivity index (χ4v) is 5.38. The summed E-state index contributed by atoms with van der Waals surface area (Å²) in [6, 6.07) is 0. The Hall–Kier alpha value is -2.60. The van der Waals surface area contributed by atoms with Crippen LogP contribution >= 0.6 is 0 Å². The molecule has 0 bridgehead atoms. The fraction of sp³-hybridized carbons (Fsp3) is 0.667. The average molecular weight is 649 g/mol. The van der Waals surface area contributed by atoms with Gasteiger partial charge in [-0.25, -0.2) is 4.79 Å². The van der Waals surface area contributed by atoms with Crippen molar-refractivity contribution in [1.82, 2.24) is 0 Å². The van der Waals surface area contributed by atoms with Gasteiger partial charge in [0, 0.05) is 17.9 Å². The van der Waals surface area contributed by atoms with Crippen molar-refractivity contribution >= 4 is 11.9 Å². The first-order chi connectivity index (χ1) is 21.4. The molecule has 2 rings (SSSR count). The number of hydrogen-bond acceptors (Lipinski definition) is 10. The maximum absolute atomic E-state index is 12.7. The lowest BCUT2D eigenvalue weighted by Gasteiger charge is -2.47. The highest BCUT2D eigenvalue weighted by Gasteiger charge is 2.52. The molecule has 1 saturated heterocycles. The van der Waals surface area contributed by atoms with Gasteiger partial charge in [0.25, 0.3) is 0 Å². The van der Waals surface area contributed by atoms with E-state index in [2.05, 4.69) is 0 Å². The van der Waals surface area contributed by atoms with Crippen LogP contribution in [0, 0.1) is 11.8 Å². The van der Waals surface area contributed by atoms with E-state index in [9.17, 15) is 30.0 Å². The Balaban J connectivity index is 2.55. The van der Waals surface area contributed by atoms with Gasteiger partial charge in [-0.05, 0) is 72.5 Å². The molecule has 0 saturated carbocycles. The molecule has 0 radical (unpaired) electrons. The van der Waals surface area contributed by atoms with E-state index in [1.807, 2.05) is 45.9 Å². The molecule has 46 heavy (non-hydrogen) atoms. The third-order valence-corrected chi connectivity index (χ3v) is 8.44. The smallest absolute Gasteiger partial charge is 0.334 e. The highest BCUT2D eigenvalue weighted by atomic mass is 16.7. The van der Waals surface area contributed by atoms with Crippen molar-refractivity contribution in [1.29, 1.82) is 0 Å². The van der Waals surface area contributed by atoms with E-state index >= 15 is 0 Å². The van der Waals surface area contributed by atoms with Crippen LogP contribution in [0.15, 0.2) is 58.7 Å². The molecule has 0 aliphatic carbocycles. The summed E-state index contributed by atoms with van der Waals surface area (Å²) in [6.07, 6.45) is 3.49. The Labute approximate surface area is 274 Å². The number of aliphatic hydroxyl groups is 4. The first-order valence-electron chi connectivity index (χ1n) is 16.2. The van der Waals surface area contributed by atoms with Crippen LogP contribution in [-0.2, 0) is 28.5 Å². The van der Waals surface area contributed by atoms with Crippen LogP contribution in [0.4, 0.5) is 0 Å². The molecule has 260 valence electrons. The maximum atomic E-state index is 12.7. The van der Waals surface area contributed by atoms with Crippen molar-refractivity contribution < 1.29 is 49.0 Å². The zero-order valence-electron chi connectivity index (χ0n) is 29.1. The largest absolute Gasteiger partial charge is 0.456 e. The molecule has 4 N–H and O–H groups in total. The zero-order valence-corrected chi connectivity index (χ0v) is 29.1. The van der Waals surface area contributed by atoms with Crippen molar-refractivity contribution in [3.05, 3.63) is 58.7 Å². The lowest BCUT2D eigenvalue weighted by molar-refractivity contribution is -0.333. The van der Waals surface area contributed by atoms with Gasteiger partial charge in [0.2, 0.25) is 0 Å². The van der Waals surface area contributed by atoms with Crippen molar-refractivity contribution in [3.63, 3.8) is 0 Å². The van der Waals surface area contributed by atoms with Crippen LogP contribution < -0.4 is 0 Å². The SMILES string of the molecule is CC[C@H]1C=C(C)[C@@H](O)CC=CC=C(C)C(=O)O[C@H]([C@H](C)O)CC=C(C)C=C(C)[C@@H]1O[C@@H]1OC(C)(C)[C@@H](OC(=O)C(C)C)[C@H](O)[C@@H]1O. The fourth-order valence-electron chi connectivity index (χ4n) is 5.38. The second kappa shape index (κ2) is 17.5. The minimum absolute atomic E-state index is 0.262. The van der Waals surface area contributed by atoms with E-state index in [0.29, 0.717) is 18.4 Å². The van der Waals surface area contributed by atoms with E-state index in [1.165, 1.54) is 0 Å². The van der Waals surface area contributed by atoms with Gasteiger partial charge in [-0.3, -0.25) is 4.79 Å². The monoisotopic (exact) mass is 648 g/mol. The number of carbonyl (C=O) groups excluding carboxylic acids is 2. The van der Waals surface area contributed by atoms with Gasteiger partial charge in [0.1, 0.15) is 23.9 Å². The van der Waals surface area contributed by atoms with Gasteiger partial charge < -0.3 is 39.4 Å². The van der Waals surface area contributed by atoms with Crippen molar-refractivity contribution in [2.45, 2.75) is 143 Å². The average Bonchev–Trinajstić information content (AvgIpc) is 2.98. The van der Waals surface area contributed by atoms with E-state index in [-0.39, 0.29) is 12.3 Å². The summed E-state index contributed by atoms with van der Waals surface area (Å²) in [5.74, 6) is -1.75. The number of cyclic esters (lactones) is 1.